The number of carbonyl (C=O) groups is 1. The molecule has 0 radical (unpaired) electrons. The fourth-order valence-electron chi connectivity index (χ4n) is 2.61. The summed E-state index contributed by atoms with van der Waals surface area (Å²) in [5, 5.41) is 0. The minimum Gasteiger partial charge on any atom is -0.299 e. The molecule has 2 heteroatoms. The fourth-order valence-corrected chi connectivity index (χ4v) is 2.61. The molecular weight excluding hydrogens is 258 g/mol. The Hall–Kier alpha value is -1.93. The van der Waals surface area contributed by atoms with Crippen LogP contribution in [0.15, 0.2) is 42.5 Å². The first-order valence-corrected chi connectivity index (χ1v) is 7.57. The smallest absolute Gasteiger partial charge is 0.193 e. The molecular formula is C19H21NO. The molecule has 0 N–H and O–H groups in total. The van der Waals surface area contributed by atoms with Gasteiger partial charge in [0.1, 0.15) is 0 Å². The molecule has 0 unspecified atom stereocenters. The molecule has 21 heavy (non-hydrogen) atoms. The van der Waals surface area contributed by atoms with Gasteiger partial charge in [-0.3, -0.25) is 9.69 Å². The van der Waals surface area contributed by atoms with Crippen molar-refractivity contribution < 1.29 is 4.79 Å². The van der Waals surface area contributed by atoms with Crippen LogP contribution in [0, 0.1) is 13.8 Å². The molecule has 0 aliphatic carbocycles. The van der Waals surface area contributed by atoms with E-state index in [9.17, 15) is 4.79 Å². The van der Waals surface area contributed by atoms with E-state index in [1.807, 2.05) is 37.3 Å². The van der Waals surface area contributed by atoms with Gasteiger partial charge in [0.25, 0.3) is 0 Å². The van der Waals surface area contributed by atoms with Gasteiger partial charge in [-0.2, -0.15) is 0 Å². The number of nitrogens with zero attached hydrogens (tertiary/aromatic N) is 1. The summed E-state index contributed by atoms with van der Waals surface area (Å²) in [5.74, 6) is 0.105. The third-order valence-electron chi connectivity index (χ3n) is 4.34. The first-order valence-electron chi connectivity index (χ1n) is 7.57. The average Bonchev–Trinajstić information content (AvgIpc) is 2.46. The van der Waals surface area contributed by atoms with Crippen molar-refractivity contribution in [3.8, 4) is 0 Å². The van der Waals surface area contributed by atoms with Crippen LogP contribution in [0.1, 0.15) is 39.0 Å². The average molecular weight is 279 g/mol. The summed E-state index contributed by atoms with van der Waals surface area (Å²) < 4.78 is 0. The van der Waals surface area contributed by atoms with E-state index in [2.05, 4.69) is 24.0 Å². The van der Waals surface area contributed by atoms with Crippen LogP contribution in [-0.4, -0.2) is 23.8 Å². The summed E-state index contributed by atoms with van der Waals surface area (Å²) in [7, 11) is 0. The topological polar surface area (TPSA) is 20.3 Å². The molecule has 1 heterocycles. The second-order valence-electron chi connectivity index (χ2n) is 5.95. The summed E-state index contributed by atoms with van der Waals surface area (Å²) in [6.07, 6.45) is 1.31. The molecule has 3 rings (SSSR count). The number of rotatable bonds is 4. The molecule has 0 saturated carbocycles. The molecule has 1 saturated heterocycles. The Labute approximate surface area is 126 Å². The predicted molar refractivity (Wildman–Crippen MR) is 85.7 cm³/mol. The van der Waals surface area contributed by atoms with Gasteiger partial charge in [-0.05, 0) is 56.1 Å². The van der Waals surface area contributed by atoms with Gasteiger partial charge in [0.05, 0.1) is 0 Å². The molecule has 108 valence electrons. The Balaban J connectivity index is 1.75. The zero-order chi connectivity index (χ0) is 14.8. The first-order chi connectivity index (χ1) is 10.1. The minimum atomic E-state index is 0.105. The van der Waals surface area contributed by atoms with Crippen LogP contribution in [0.25, 0.3) is 0 Å². The van der Waals surface area contributed by atoms with E-state index >= 15 is 0 Å². The standard InChI is InChI=1S/C19H21NO/c1-14-4-7-18(12-15(14)2)19(21)17-8-5-16(6-9-17)13-20-10-3-11-20/h4-9,12H,3,10-11,13H2,1-2H3. The summed E-state index contributed by atoms with van der Waals surface area (Å²) >= 11 is 0. The van der Waals surface area contributed by atoms with E-state index in [0.29, 0.717) is 0 Å². The number of ketones is 1. The molecule has 0 aromatic heterocycles. The maximum atomic E-state index is 12.5. The van der Waals surface area contributed by atoms with Gasteiger partial charge < -0.3 is 0 Å². The van der Waals surface area contributed by atoms with Crippen molar-refractivity contribution in [2.75, 3.05) is 13.1 Å². The van der Waals surface area contributed by atoms with Gasteiger partial charge in [0.15, 0.2) is 5.78 Å². The third-order valence-corrected chi connectivity index (χ3v) is 4.34. The molecule has 2 aromatic carbocycles. The molecule has 0 amide bonds. The van der Waals surface area contributed by atoms with E-state index in [-0.39, 0.29) is 5.78 Å². The predicted octanol–water partition coefficient (Wildman–Crippen LogP) is 3.74. The van der Waals surface area contributed by atoms with E-state index in [4.69, 9.17) is 0 Å². The van der Waals surface area contributed by atoms with Gasteiger partial charge in [-0.1, -0.05) is 36.4 Å². The van der Waals surface area contributed by atoms with E-state index in [1.165, 1.54) is 30.6 Å². The molecule has 1 fully saturated rings. The van der Waals surface area contributed by atoms with Crippen molar-refractivity contribution in [3.63, 3.8) is 0 Å². The maximum Gasteiger partial charge on any atom is 0.193 e. The summed E-state index contributed by atoms with van der Waals surface area (Å²) in [4.78, 5) is 14.9. The van der Waals surface area contributed by atoms with Crippen molar-refractivity contribution in [3.05, 3.63) is 70.3 Å². The Morgan fingerprint density at radius 3 is 2.19 bits per heavy atom. The summed E-state index contributed by atoms with van der Waals surface area (Å²) in [6.45, 7) is 7.50. The van der Waals surface area contributed by atoms with Crippen molar-refractivity contribution in [2.24, 2.45) is 0 Å². The molecule has 2 nitrogen and oxygen atoms in total. The molecule has 1 aliphatic rings. The number of benzene rings is 2. The van der Waals surface area contributed by atoms with Crippen molar-refractivity contribution in [2.45, 2.75) is 26.8 Å². The molecule has 0 bridgehead atoms. The van der Waals surface area contributed by atoms with Crippen LogP contribution < -0.4 is 0 Å². The van der Waals surface area contributed by atoms with Gasteiger partial charge >= 0.3 is 0 Å². The maximum absolute atomic E-state index is 12.5. The normalized spacial score (nSPS) is 14.8. The fraction of sp³-hybridized carbons (Fsp3) is 0.316. The highest BCUT2D eigenvalue weighted by Crippen LogP contribution is 2.17. The van der Waals surface area contributed by atoms with E-state index < -0.39 is 0 Å². The third kappa shape index (κ3) is 3.06. The monoisotopic (exact) mass is 279 g/mol. The van der Waals surface area contributed by atoms with Crippen molar-refractivity contribution in [1.29, 1.82) is 0 Å². The van der Waals surface area contributed by atoms with Crippen LogP contribution in [-0.2, 0) is 6.54 Å². The van der Waals surface area contributed by atoms with Gasteiger partial charge in [0.2, 0.25) is 0 Å². The van der Waals surface area contributed by atoms with Crippen molar-refractivity contribution in [1.82, 2.24) is 4.90 Å². The molecule has 0 atom stereocenters. The lowest BCUT2D eigenvalue weighted by atomic mass is 9.98. The quantitative estimate of drug-likeness (QED) is 0.795. The summed E-state index contributed by atoms with van der Waals surface area (Å²) in [6, 6.07) is 14.0. The lowest BCUT2D eigenvalue weighted by Crippen LogP contribution is -2.36. The second kappa shape index (κ2) is 5.82. The van der Waals surface area contributed by atoms with Crippen LogP contribution in [0.5, 0.6) is 0 Å². The Kier molecular flexibility index (Phi) is 3.89. The second-order valence-corrected chi connectivity index (χ2v) is 5.95. The van der Waals surface area contributed by atoms with Gasteiger partial charge in [0, 0.05) is 17.7 Å². The number of likely N-dealkylation sites (tertiary alicyclic amines) is 1. The number of hydrogen-bond acceptors (Lipinski definition) is 2. The van der Waals surface area contributed by atoms with Crippen LogP contribution in [0.4, 0.5) is 0 Å². The first kappa shape index (κ1) is 14.0. The van der Waals surface area contributed by atoms with Gasteiger partial charge in [-0.25, -0.2) is 0 Å². The molecule has 0 spiro atoms. The highest BCUT2D eigenvalue weighted by molar-refractivity contribution is 6.09. The number of carbonyl (C=O) groups excluding carboxylic acids is 1. The highest BCUT2D eigenvalue weighted by atomic mass is 16.1. The zero-order valence-corrected chi connectivity index (χ0v) is 12.7. The lowest BCUT2D eigenvalue weighted by Gasteiger charge is -2.30. The van der Waals surface area contributed by atoms with Crippen molar-refractivity contribution >= 4 is 5.78 Å². The molecule has 2 aromatic rings. The number of aryl methyl sites for hydroxylation is 2. The minimum absolute atomic E-state index is 0.105. The summed E-state index contributed by atoms with van der Waals surface area (Å²) in [5.41, 5.74) is 5.21. The van der Waals surface area contributed by atoms with Gasteiger partial charge in [-0.15, -0.1) is 0 Å². The van der Waals surface area contributed by atoms with Crippen LogP contribution >= 0.6 is 0 Å². The van der Waals surface area contributed by atoms with E-state index in [0.717, 1.165) is 23.2 Å². The van der Waals surface area contributed by atoms with E-state index in [1.54, 1.807) is 0 Å². The van der Waals surface area contributed by atoms with Crippen LogP contribution in [0.3, 0.4) is 0 Å². The molecule has 1 aliphatic heterocycles. The Bertz CT molecular complexity index is 654. The SMILES string of the molecule is Cc1ccc(C(=O)c2ccc(CN3CCC3)cc2)cc1C. The van der Waals surface area contributed by atoms with Crippen LogP contribution in [0.2, 0.25) is 0 Å². The lowest BCUT2D eigenvalue weighted by molar-refractivity contribution is 0.103. The zero-order valence-electron chi connectivity index (χ0n) is 12.7. The largest absolute Gasteiger partial charge is 0.299 e. The Morgan fingerprint density at radius 2 is 1.62 bits per heavy atom. The highest BCUT2D eigenvalue weighted by Gasteiger charge is 2.14. The Morgan fingerprint density at radius 1 is 0.952 bits per heavy atom. The number of hydrogen-bond donors (Lipinski definition) is 0.